The summed E-state index contributed by atoms with van der Waals surface area (Å²) in [6.45, 7) is 9.36. The average Bonchev–Trinajstić information content (AvgIpc) is 2.51. The zero-order valence-corrected chi connectivity index (χ0v) is 19.0. The highest BCUT2D eigenvalue weighted by Gasteiger charge is 2.36. The van der Waals surface area contributed by atoms with Crippen LogP contribution in [-0.4, -0.2) is 50.0 Å². The Kier molecular flexibility index (Phi) is 13.1. The van der Waals surface area contributed by atoms with E-state index in [0.29, 0.717) is 12.0 Å². The largest absolute Gasteiger partial charge is 0.388 e. The molecule has 0 unspecified atom stereocenters. The van der Waals surface area contributed by atoms with Crippen LogP contribution in [0.5, 0.6) is 0 Å². The van der Waals surface area contributed by atoms with E-state index >= 15 is 0 Å². The number of rotatable bonds is 12. The molecule has 0 spiro atoms. The molecular formula is C19H40IN3O2. The van der Waals surface area contributed by atoms with Crippen LogP contribution in [0.2, 0.25) is 0 Å². The second-order valence-electron chi connectivity index (χ2n) is 7.37. The molecule has 0 saturated heterocycles. The summed E-state index contributed by atoms with van der Waals surface area (Å²) < 4.78 is 5.27. The fraction of sp³-hybridized carbons (Fsp3) is 0.947. The van der Waals surface area contributed by atoms with Crippen LogP contribution in [-0.2, 0) is 4.74 Å². The highest BCUT2D eigenvalue weighted by molar-refractivity contribution is 14.0. The van der Waals surface area contributed by atoms with Crippen LogP contribution in [0, 0.1) is 5.41 Å². The van der Waals surface area contributed by atoms with Gasteiger partial charge in [-0.05, 0) is 44.4 Å². The first kappa shape index (κ1) is 24.9. The molecule has 25 heavy (non-hydrogen) atoms. The number of hydrogen-bond donors (Lipinski definition) is 3. The molecule has 3 N–H and O–H groups in total. The molecule has 0 atom stereocenters. The topological polar surface area (TPSA) is 65.9 Å². The summed E-state index contributed by atoms with van der Waals surface area (Å²) in [6.07, 6.45) is 8.52. The molecule has 5 nitrogen and oxygen atoms in total. The van der Waals surface area contributed by atoms with Gasteiger partial charge >= 0.3 is 0 Å². The second kappa shape index (κ2) is 13.1. The average molecular weight is 469 g/mol. The number of aliphatic hydroxyl groups is 1. The number of halogens is 1. The Hall–Kier alpha value is -0.0800. The minimum atomic E-state index is -0.671. The summed E-state index contributed by atoms with van der Waals surface area (Å²) in [5.74, 6) is 0.826. The molecule has 0 radical (unpaired) electrons. The Morgan fingerprint density at radius 3 is 2.24 bits per heavy atom. The predicted molar refractivity (Wildman–Crippen MR) is 117 cm³/mol. The Balaban J connectivity index is 0.00000576. The fourth-order valence-corrected chi connectivity index (χ4v) is 3.56. The van der Waals surface area contributed by atoms with E-state index in [4.69, 9.17) is 4.74 Å². The Morgan fingerprint density at radius 2 is 1.80 bits per heavy atom. The van der Waals surface area contributed by atoms with Gasteiger partial charge in [-0.25, -0.2) is 0 Å². The van der Waals surface area contributed by atoms with E-state index in [0.717, 1.165) is 57.8 Å². The molecule has 1 fully saturated rings. The second-order valence-corrected chi connectivity index (χ2v) is 7.37. The van der Waals surface area contributed by atoms with E-state index in [1.54, 1.807) is 7.11 Å². The van der Waals surface area contributed by atoms with Crippen molar-refractivity contribution >= 4 is 29.9 Å². The van der Waals surface area contributed by atoms with E-state index < -0.39 is 5.60 Å². The maximum absolute atomic E-state index is 10.8. The van der Waals surface area contributed by atoms with Crippen molar-refractivity contribution in [3.63, 3.8) is 0 Å². The van der Waals surface area contributed by atoms with Crippen molar-refractivity contribution in [3.8, 4) is 0 Å². The van der Waals surface area contributed by atoms with Gasteiger partial charge in [-0.15, -0.1) is 24.0 Å². The van der Waals surface area contributed by atoms with Crippen LogP contribution in [0.25, 0.3) is 0 Å². The van der Waals surface area contributed by atoms with Crippen LogP contribution in [0.4, 0.5) is 0 Å². The lowest BCUT2D eigenvalue weighted by atomic mass is 9.67. The summed E-state index contributed by atoms with van der Waals surface area (Å²) in [5, 5.41) is 17.6. The van der Waals surface area contributed by atoms with Crippen molar-refractivity contribution in [1.29, 1.82) is 0 Å². The van der Waals surface area contributed by atoms with Crippen LogP contribution in [0.15, 0.2) is 4.99 Å². The molecule has 1 aliphatic rings. The molecule has 0 heterocycles. The number of nitrogens with one attached hydrogen (secondary N) is 2. The number of aliphatic imine (C=N–C) groups is 1. The summed E-state index contributed by atoms with van der Waals surface area (Å²) in [5.41, 5.74) is -0.314. The van der Waals surface area contributed by atoms with Gasteiger partial charge in [0, 0.05) is 26.8 Å². The number of guanidine groups is 1. The number of nitrogens with zero attached hydrogens (tertiary/aromatic N) is 1. The minimum absolute atomic E-state index is 0. The van der Waals surface area contributed by atoms with Crippen molar-refractivity contribution in [2.45, 2.75) is 77.7 Å². The van der Waals surface area contributed by atoms with E-state index in [2.05, 4.69) is 36.4 Å². The first-order valence-corrected chi connectivity index (χ1v) is 9.76. The molecule has 150 valence electrons. The first-order chi connectivity index (χ1) is 11.5. The van der Waals surface area contributed by atoms with E-state index in [1.165, 1.54) is 19.3 Å². The maximum Gasteiger partial charge on any atom is 0.191 e. The SMILES string of the molecule is CCCC(O)(CCC)CN=C(NCC)NCC1(CCOC)CCC1.I. The van der Waals surface area contributed by atoms with Crippen molar-refractivity contribution in [1.82, 2.24) is 10.6 Å². The van der Waals surface area contributed by atoms with Gasteiger partial charge in [-0.1, -0.05) is 33.1 Å². The number of hydrogen-bond acceptors (Lipinski definition) is 3. The smallest absolute Gasteiger partial charge is 0.191 e. The fourth-order valence-electron chi connectivity index (χ4n) is 3.56. The van der Waals surface area contributed by atoms with Gasteiger partial charge in [0.2, 0.25) is 0 Å². The molecule has 0 bridgehead atoms. The van der Waals surface area contributed by atoms with Gasteiger partial charge in [-0.3, -0.25) is 4.99 Å². The molecule has 0 aromatic rings. The molecule has 1 aliphatic carbocycles. The Bertz CT molecular complexity index is 368. The van der Waals surface area contributed by atoms with Gasteiger partial charge in [0.1, 0.15) is 0 Å². The third-order valence-electron chi connectivity index (χ3n) is 5.19. The first-order valence-electron chi connectivity index (χ1n) is 9.76. The summed E-state index contributed by atoms with van der Waals surface area (Å²) in [6, 6.07) is 0. The number of ether oxygens (including phenoxy) is 1. The molecule has 0 aliphatic heterocycles. The van der Waals surface area contributed by atoms with Crippen LogP contribution < -0.4 is 10.6 Å². The third-order valence-corrected chi connectivity index (χ3v) is 5.19. The molecular weight excluding hydrogens is 429 g/mol. The molecule has 0 amide bonds. The van der Waals surface area contributed by atoms with Crippen molar-refractivity contribution in [2.75, 3.05) is 33.4 Å². The maximum atomic E-state index is 10.8. The van der Waals surface area contributed by atoms with Gasteiger partial charge < -0.3 is 20.5 Å². The van der Waals surface area contributed by atoms with Crippen LogP contribution >= 0.6 is 24.0 Å². The highest BCUT2D eigenvalue weighted by Crippen LogP contribution is 2.43. The monoisotopic (exact) mass is 469 g/mol. The van der Waals surface area contributed by atoms with Crippen molar-refractivity contribution in [3.05, 3.63) is 0 Å². The van der Waals surface area contributed by atoms with Crippen LogP contribution in [0.3, 0.4) is 0 Å². The zero-order chi connectivity index (χ0) is 17.9. The van der Waals surface area contributed by atoms with E-state index in [-0.39, 0.29) is 24.0 Å². The van der Waals surface area contributed by atoms with Gasteiger partial charge in [0.05, 0.1) is 12.1 Å². The lowest BCUT2D eigenvalue weighted by molar-refractivity contribution is 0.0305. The van der Waals surface area contributed by atoms with E-state index in [9.17, 15) is 5.11 Å². The summed E-state index contributed by atoms with van der Waals surface area (Å²) >= 11 is 0. The zero-order valence-electron chi connectivity index (χ0n) is 16.7. The normalized spacial score (nSPS) is 16.8. The predicted octanol–water partition coefficient (Wildman–Crippen LogP) is 3.70. The Labute approximate surface area is 171 Å². The van der Waals surface area contributed by atoms with Crippen LogP contribution in [0.1, 0.15) is 72.1 Å². The van der Waals surface area contributed by atoms with Gasteiger partial charge in [0.25, 0.3) is 0 Å². The molecule has 0 aromatic heterocycles. The summed E-state index contributed by atoms with van der Waals surface area (Å²) in [4.78, 5) is 4.68. The standard InChI is InChI=1S/C19H39N3O2.HI/c1-5-9-19(23,10-6-2)16-22-17(20-7-3)21-15-18(11-8-12-18)13-14-24-4;/h23H,5-16H2,1-4H3,(H2,20,21,22);1H. The van der Waals surface area contributed by atoms with Crippen molar-refractivity contribution < 1.29 is 9.84 Å². The quantitative estimate of drug-likeness (QED) is 0.232. The number of methoxy groups -OCH3 is 1. The third kappa shape index (κ3) is 8.91. The lowest BCUT2D eigenvalue weighted by Gasteiger charge is -2.42. The lowest BCUT2D eigenvalue weighted by Crippen LogP contribution is -2.47. The Morgan fingerprint density at radius 1 is 1.16 bits per heavy atom. The molecule has 1 rings (SSSR count). The molecule has 6 heteroatoms. The highest BCUT2D eigenvalue weighted by atomic mass is 127. The minimum Gasteiger partial charge on any atom is -0.388 e. The summed E-state index contributed by atoms with van der Waals surface area (Å²) in [7, 11) is 1.77. The van der Waals surface area contributed by atoms with E-state index in [1.807, 2.05) is 0 Å². The molecule has 0 aromatic carbocycles. The van der Waals surface area contributed by atoms with Gasteiger partial charge in [0.15, 0.2) is 5.96 Å². The van der Waals surface area contributed by atoms with Crippen molar-refractivity contribution in [2.24, 2.45) is 10.4 Å². The van der Waals surface area contributed by atoms with Gasteiger partial charge in [-0.2, -0.15) is 0 Å². The molecule has 1 saturated carbocycles.